The van der Waals surface area contributed by atoms with Crippen LogP contribution in [0.2, 0.25) is 0 Å². The van der Waals surface area contributed by atoms with Gasteiger partial charge in [-0.05, 0) is 6.92 Å². The van der Waals surface area contributed by atoms with Crippen LogP contribution >= 0.6 is 0 Å². The Morgan fingerprint density at radius 2 is 1.56 bits per heavy atom. The molecule has 1 nitrogen and oxygen atoms in total. The summed E-state index contributed by atoms with van der Waals surface area (Å²) in [5.41, 5.74) is 5.00. The summed E-state index contributed by atoms with van der Waals surface area (Å²) in [5.74, 6) is -1.41. The van der Waals surface area contributed by atoms with Gasteiger partial charge in [-0.25, -0.2) is 0 Å². The molecule has 4 heteroatoms. The predicted molar refractivity (Wildman–Crippen MR) is 28.9 cm³/mol. The van der Waals surface area contributed by atoms with Crippen molar-refractivity contribution in [1.29, 1.82) is 0 Å². The third kappa shape index (κ3) is 2.70. The van der Waals surface area contributed by atoms with Gasteiger partial charge in [0.05, 0.1) is 5.92 Å². The van der Waals surface area contributed by atoms with Crippen LogP contribution in [0.4, 0.5) is 13.2 Å². The molecule has 0 fully saturated rings. The Morgan fingerprint density at radius 1 is 1.22 bits per heavy atom. The summed E-state index contributed by atoms with van der Waals surface area (Å²) in [6.45, 7) is 2.42. The number of hydrogen-bond donors (Lipinski definition) is 1. The molecule has 2 N–H and O–H groups in total. The molecule has 0 aromatic rings. The molecule has 0 amide bonds. The predicted octanol–water partition coefficient (Wildman–Crippen LogP) is 1.53. The Kier molecular flexibility index (Phi) is 2.49. The van der Waals surface area contributed by atoms with Crippen molar-refractivity contribution in [2.24, 2.45) is 11.7 Å². The first kappa shape index (κ1) is 8.75. The third-order valence-electron chi connectivity index (χ3n) is 1.30. The van der Waals surface area contributed by atoms with Crippen LogP contribution < -0.4 is 5.73 Å². The molecule has 0 saturated carbocycles. The first-order valence-electron chi connectivity index (χ1n) is 2.68. The zero-order valence-corrected chi connectivity index (χ0v) is 5.37. The molecule has 2 atom stereocenters. The minimum atomic E-state index is -4.14. The summed E-state index contributed by atoms with van der Waals surface area (Å²) in [7, 11) is 0. The van der Waals surface area contributed by atoms with Crippen LogP contribution in [0.1, 0.15) is 13.8 Å². The van der Waals surface area contributed by atoms with Gasteiger partial charge in [-0.3, -0.25) is 0 Å². The molecular weight excluding hydrogens is 131 g/mol. The molecule has 0 spiro atoms. The number of halogens is 3. The highest BCUT2D eigenvalue weighted by Crippen LogP contribution is 2.26. The van der Waals surface area contributed by atoms with Crippen molar-refractivity contribution < 1.29 is 13.2 Å². The van der Waals surface area contributed by atoms with E-state index in [9.17, 15) is 13.2 Å². The molecule has 0 aliphatic rings. The third-order valence-corrected chi connectivity index (χ3v) is 1.30. The molecule has 56 valence electrons. The summed E-state index contributed by atoms with van der Waals surface area (Å²) < 4.78 is 34.9. The van der Waals surface area contributed by atoms with Crippen LogP contribution in [0.15, 0.2) is 0 Å². The summed E-state index contributed by atoms with van der Waals surface area (Å²) in [4.78, 5) is 0. The van der Waals surface area contributed by atoms with Crippen LogP contribution in [0.3, 0.4) is 0 Å². The summed E-state index contributed by atoms with van der Waals surface area (Å²) in [5, 5.41) is 0. The smallest absolute Gasteiger partial charge is 0.327 e. The van der Waals surface area contributed by atoms with Gasteiger partial charge in [0.2, 0.25) is 0 Å². The topological polar surface area (TPSA) is 26.0 Å². The molecule has 0 saturated heterocycles. The van der Waals surface area contributed by atoms with E-state index in [-0.39, 0.29) is 0 Å². The Balaban J connectivity index is 3.88. The van der Waals surface area contributed by atoms with E-state index in [1.165, 1.54) is 6.92 Å². The fourth-order valence-corrected chi connectivity index (χ4v) is 0.298. The highest BCUT2D eigenvalue weighted by Gasteiger charge is 2.37. The average Bonchev–Trinajstić information content (AvgIpc) is 1.62. The van der Waals surface area contributed by atoms with Gasteiger partial charge in [-0.15, -0.1) is 0 Å². The normalized spacial score (nSPS) is 19.3. The Bertz CT molecular complexity index is 86.7. The molecule has 9 heavy (non-hydrogen) atoms. The Labute approximate surface area is 52.0 Å². The van der Waals surface area contributed by atoms with E-state index in [0.29, 0.717) is 0 Å². The fourth-order valence-electron chi connectivity index (χ4n) is 0.298. The van der Waals surface area contributed by atoms with Gasteiger partial charge < -0.3 is 5.73 Å². The molecule has 0 bridgehead atoms. The number of alkyl halides is 3. The van der Waals surface area contributed by atoms with Crippen LogP contribution in [0.5, 0.6) is 0 Å². The maximum Gasteiger partial charge on any atom is 0.393 e. The van der Waals surface area contributed by atoms with E-state index in [2.05, 4.69) is 0 Å². The molecule has 0 aliphatic carbocycles. The number of nitrogens with two attached hydrogens (primary N) is 1. The number of hydrogen-bond acceptors (Lipinski definition) is 1. The maximum atomic E-state index is 11.6. The Morgan fingerprint density at radius 3 is 1.56 bits per heavy atom. The molecular formula is C5H10F3N. The first-order valence-corrected chi connectivity index (χ1v) is 2.68. The van der Waals surface area contributed by atoms with Gasteiger partial charge in [0, 0.05) is 6.04 Å². The van der Waals surface area contributed by atoms with E-state index in [0.717, 1.165) is 6.92 Å². The monoisotopic (exact) mass is 141 g/mol. The van der Waals surface area contributed by atoms with E-state index < -0.39 is 18.1 Å². The minimum Gasteiger partial charge on any atom is -0.327 e. The minimum absolute atomic E-state index is 0.815. The van der Waals surface area contributed by atoms with Gasteiger partial charge in [-0.1, -0.05) is 6.92 Å². The van der Waals surface area contributed by atoms with Crippen molar-refractivity contribution >= 4 is 0 Å². The molecule has 0 aromatic heterocycles. The quantitative estimate of drug-likeness (QED) is 0.588. The van der Waals surface area contributed by atoms with Crippen LogP contribution in [-0.4, -0.2) is 12.2 Å². The van der Waals surface area contributed by atoms with Crippen molar-refractivity contribution in [2.45, 2.75) is 26.1 Å². The maximum absolute atomic E-state index is 11.6. The van der Waals surface area contributed by atoms with Crippen LogP contribution in [-0.2, 0) is 0 Å². The zero-order chi connectivity index (χ0) is 7.65. The lowest BCUT2D eigenvalue weighted by Gasteiger charge is -2.18. The van der Waals surface area contributed by atoms with Crippen molar-refractivity contribution in [3.63, 3.8) is 0 Å². The van der Waals surface area contributed by atoms with E-state index in [4.69, 9.17) is 5.73 Å². The van der Waals surface area contributed by atoms with Gasteiger partial charge in [-0.2, -0.15) is 13.2 Å². The van der Waals surface area contributed by atoms with Gasteiger partial charge in [0.1, 0.15) is 0 Å². The first-order chi connectivity index (χ1) is 3.85. The zero-order valence-electron chi connectivity index (χ0n) is 5.37. The summed E-state index contributed by atoms with van der Waals surface area (Å²) in [6, 6.07) is -0.815. The van der Waals surface area contributed by atoms with Crippen molar-refractivity contribution in [3.05, 3.63) is 0 Å². The van der Waals surface area contributed by atoms with E-state index in [1.54, 1.807) is 0 Å². The second-order valence-corrected chi connectivity index (χ2v) is 2.19. The highest BCUT2D eigenvalue weighted by molar-refractivity contribution is 4.70. The lowest BCUT2D eigenvalue weighted by Crippen LogP contribution is -2.35. The fraction of sp³-hybridized carbons (Fsp3) is 1.00. The molecule has 0 heterocycles. The second kappa shape index (κ2) is 2.56. The standard InChI is InChI=1S/C5H10F3N/c1-3(4(2)9)5(6,7)8/h3-4H,9H2,1-2H3/t3?,4-/m0/s1. The van der Waals surface area contributed by atoms with Gasteiger partial charge >= 0.3 is 6.18 Å². The lowest BCUT2D eigenvalue weighted by molar-refractivity contribution is -0.173. The van der Waals surface area contributed by atoms with E-state index in [1.807, 2.05) is 0 Å². The molecule has 0 aliphatic heterocycles. The largest absolute Gasteiger partial charge is 0.393 e. The highest BCUT2D eigenvalue weighted by atomic mass is 19.4. The Hall–Kier alpha value is -0.250. The molecule has 0 aromatic carbocycles. The van der Waals surface area contributed by atoms with Gasteiger partial charge in [0.15, 0.2) is 0 Å². The van der Waals surface area contributed by atoms with Crippen LogP contribution in [0, 0.1) is 5.92 Å². The van der Waals surface area contributed by atoms with Crippen molar-refractivity contribution in [3.8, 4) is 0 Å². The summed E-state index contributed by atoms with van der Waals surface area (Å²) >= 11 is 0. The molecule has 0 rings (SSSR count). The lowest BCUT2D eigenvalue weighted by atomic mass is 10.1. The van der Waals surface area contributed by atoms with Crippen molar-refractivity contribution in [2.75, 3.05) is 0 Å². The molecule has 0 radical (unpaired) electrons. The average molecular weight is 141 g/mol. The molecule has 1 unspecified atom stereocenters. The van der Waals surface area contributed by atoms with E-state index >= 15 is 0 Å². The van der Waals surface area contributed by atoms with Crippen LogP contribution in [0.25, 0.3) is 0 Å². The second-order valence-electron chi connectivity index (χ2n) is 2.19. The SMILES string of the molecule is CC([C@H](C)N)C(F)(F)F. The summed E-state index contributed by atoms with van der Waals surface area (Å²) in [6.07, 6.45) is -4.14. The van der Waals surface area contributed by atoms with Gasteiger partial charge in [0.25, 0.3) is 0 Å². The number of rotatable bonds is 1. The van der Waals surface area contributed by atoms with Crippen molar-refractivity contribution in [1.82, 2.24) is 0 Å².